The van der Waals surface area contributed by atoms with E-state index >= 15 is 0 Å². The van der Waals surface area contributed by atoms with Gasteiger partial charge in [0.1, 0.15) is 8.24 Å². The van der Waals surface area contributed by atoms with Gasteiger partial charge in [-0.25, -0.2) is 0 Å². The zero-order valence-electron chi connectivity index (χ0n) is 10.3. The van der Waals surface area contributed by atoms with Crippen LogP contribution in [0.5, 0.6) is 0 Å². The Kier molecular flexibility index (Phi) is 5.37. The summed E-state index contributed by atoms with van der Waals surface area (Å²) >= 11 is 0. The molecule has 0 N–H and O–H groups in total. The van der Waals surface area contributed by atoms with Crippen LogP contribution < -0.4 is 0 Å². The van der Waals surface area contributed by atoms with E-state index in [4.69, 9.17) is 4.74 Å². The molecular weight excluding hydrogens is 194 g/mol. The third kappa shape index (κ3) is 4.76. The second kappa shape index (κ2) is 5.51. The third-order valence-corrected chi connectivity index (χ3v) is 4.49. The lowest BCUT2D eigenvalue weighted by Gasteiger charge is -2.36. The maximum absolute atomic E-state index is 11.4. The van der Waals surface area contributed by atoms with E-state index in [9.17, 15) is 4.79 Å². The number of ether oxygens (including phenoxy) is 1. The fraction of sp³-hybridized carbons (Fsp3) is 0.900. The lowest BCUT2D eigenvalue weighted by Crippen LogP contribution is -2.52. The SMILES string of the molecule is CCOC(=O)CN(C(C)C)[Si](C)(C)C. The van der Waals surface area contributed by atoms with Crippen molar-refractivity contribution in [2.45, 2.75) is 46.5 Å². The summed E-state index contributed by atoms with van der Waals surface area (Å²) in [6.07, 6.45) is 0. The zero-order chi connectivity index (χ0) is 11.4. The Morgan fingerprint density at radius 2 is 1.86 bits per heavy atom. The van der Waals surface area contributed by atoms with Crippen molar-refractivity contribution in [3.8, 4) is 0 Å². The van der Waals surface area contributed by atoms with Crippen LogP contribution in [0.15, 0.2) is 0 Å². The summed E-state index contributed by atoms with van der Waals surface area (Å²) in [6, 6.07) is 0.408. The molecule has 0 saturated heterocycles. The number of hydrogen-bond donors (Lipinski definition) is 0. The van der Waals surface area contributed by atoms with Crippen molar-refractivity contribution in [2.24, 2.45) is 0 Å². The molecule has 0 aliphatic carbocycles. The number of carbonyl (C=O) groups excluding carboxylic acids is 1. The monoisotopic (exact) mass is 217 g/mol. The number of hydrogen-bond acceptors (Lipinski definition) is 3. The number of nitrogens with zero attached hydrogens (tertiary/aromatic N) is 1. The molecule has 0 amide bonds. The predicted octanol–water partition coefficient (Wildman–Crippen LogP) is 2.09. The number of carbonyl (C=O) groups is 1. The molecule has 0 aromatic heterocycles. The van der Waals surface area contributed by atoms with Crippen molar-refractivity contribution in [3.63, 3.8) is 0 Å². The van der Waals surface area contributed by atoms with Crippen LogP contribution in [0.2, 0.25) is 19.6 Å². The van der Waals surface area contributed by atoms with Crippen LogP contribution in [0, 0.1) is 0 Å². The van der Waals surface area contributed by atoms with Gasteiger partial charge in [0.15, 0.2) is 0 Å². The fourth-order valence-corrected chi connectivity index (χ4v) is 3.69. The van der Waals surface area contributed by atoms with E-state index in [-0.39, 0.29) is 5.97 Å². The average molecular weight is 217 g/mol. The minimum Gasteiger partial charge on any atom is -0.465 e. The molecule has 3 nitrogen and oxygen atoms in total. The zero-order valence-corrected chi connectivity index (χ0v) is 11.3. The van der Waals surface area contributed by atoms with Crippen molar-refractivity contribution in [1.82, 2.24) is 4.57 Å². The van der Waals surface area contributed by atoms with Crippen LogP contribution in [-0.4, -0.2) is 38.0 Å². The van der Waals surface area contributed by atoms with E-state index in [0.717, 1.165) is 0 Å². The van der Waals surface area contributed by atoms with Gasteiger partial charge in [-0.1, -0.05) is 33.5 Å². The van der Waals surface area contributed by atoms with Gasteiger partial charge in [0, 0.05) is 0 Å². The fourth-order valence-electron chi connectivity index (χ4n) is 1.54. The molecule has 0 rings (SSSR count). The first-order valence-corrected chi connectivity index (χ1v) is 8.66. The largest absolute Gasteiger partial charge is 0.465 e. The standard InChI is InChI=1S/C10H23NO2Si/c1-7-13-10(12)8-11(9(2)3)14(4,5)6/h9H,7-8H2,1-6H3. The Labute approximate surface area is 88.5 Å². The topological polar surface area (TPSA) is 29.5 Å². The maximum Gasteiger partial charge on any atom is 0.319 e. The summed E-state index contributed by atoms with van der Waals surface area (Å²) in [6.45, 7) is 13.7. The summed E-state index contributed by atoms with van der Waals surface area (Å²) < 4.78 is 7.23. The molecule has 0 saturated carbocycles. The molecule has 84 valence electrons. The lowest BCUT2D eigenvalue weighted by molar-refractivity contribution is -0.143. The van der Waals surface area contributed by atoms with E-state index in [2.05, 4.69) is 38.1 Å². The molecule has 14 heavy (non-hydrogen) atoms. The number of esters is 1. The first-order valence-electron chi connectivity index (χ1n) is 5.21. The Bertz CT molecular complexity index is 187. The molecule has 0 aliphatic heterocycles. The molecule has 0 spiro atoms. The smallest absolute Gasteiger partial charge is 0.319 e. The lowest BCUT2D eigenvalue weighted by atomic mass is 10.4. The highest BCUT2D eigenvalue weighted by molar-refractivity contribution is 6.73. The van der Waals surface area contributed by atoms with Gasteiger partial charge in [0.2, 0.25) is 0 Å². The van der Waals surface area contributed by atoms with Crippen molar-refractivity contribution < 1.29 is 9.53 Å². The first-order chi connectivity index (χ1) is 6.29. The van der Waals surface area contributed by atoms with Crippen molar-refractivity contribution >= 4 is 14.2 Å². The molecular formula is C10H23NO2Si. The molecule has 4 heteroatoms. The van der Waals surface area contributed by atoms with E-state index < -0.39 is 8.24 Å². The van der Waals surface area contributed by atoms with Crippen LogP contribution in [0.4, 0.5) is 0 Å². The van der Waals surface area contributed by atoms with Gasteiger partial charge in [-0.2, -0.15) is 0 Å². The summed E-state index contributed by atoms with van der Waals surface area (Å²) in [7, 11) is -1.41. The predicted molar refractivity (Wildman–Crippen MR) is 61.8 cm³/mol. The van der Waals surface area contributed by atoms with Gasteiger partial charge in [-0.3, -0.25) is 4.79 Å². The van der Waals surface area contributed by atoms with Crippen molar-refractivity contribution in [1.29, 1.82) is 0 Å². The van der Waals surface area contributed by atoms with Gasteiger partial charge in [0.05, 0.1) is 13.2 Å². The van der Waals surface area contributed by atoms with Crippen LogP contribution in [0.1, 0.15) is 20.8 Å². The molecule has 0 fully saturated rings. The molecule has 0 bridgehead atoms. The van der Waals surface area contributed by atoms with Gasteiger partial charge in [-0.05, 0) is 13.0 Å². The minimum atomic E-state index is -1.41. The summed E-state index contributed by atoms with van der Waals surface area (Å²) in [4.78, 5) is 11.4. The maximum atomic E-state index is 11.4. The Morgan fingerprint density at radius 3 is 2.14 bits per heavy atom. The second-order valence-electron chi connectivity index (χ2n) is 4.70. The van der Waals surface area contributed by atoms with Gasteiger partial charge < -0.3 is 9.30 Å². The molecule has 0 unspecified atom stereocenters. The highest BCUT2D eigenvalue weighted by atomic mass is 28.3. The van der Waals surface area contributed by atoms with Crippen LogP contribution in [0.3, 0.4) is 0 Å². The minimum absolute atomic E-state index is 0.108. The third-order valence-electron chi connectivity index (χ3n) is 2.09. The first kappa shape index (κ1) is 13.6. The normalized spacial score (nSPS) is 12.3. The molecule has 0 radical (unpaired) electrons. The van der Waals surface area contributed by atoms with Gasteiger partial charge in [0.25, 0.3) is 0 Å². The van der Waals surface area contributed by atoms with Crippen molar-refractivity contribution in [2.75, 3.05) is 13.2 Å². The van der Waals surface area contributed by atoms with E-state index in [1.165, 1.54) is 0 Å². The summed E-state index contributed by atoms with van der Waals surface area (Å²) in [5.74, 6) is -0.108. The quantitative estimate of drug-likeness (QED) is 0.522. The second-order valence-corrected chi connectivity index (χ2v) is 9.61. The van der Waals surface area contributed by atoms with Gasteiger partial charge in [-0.15, -0.1) is 0 Å². The van der Waals surface area contributed by atoms with E-state index in [0.29, 0.717) is 19.2 Å². The highest BCUT2D eigenvalue weighted by Gasteiger charge is 2.28. The van der Waals surface area contributed by atoms with E-state index in [1.54, 1.807) is 0 Å². The van der Waals surface area contributed by atoms with Crippen LogP contribution in [0.25, 0.3) is 0 Å². The molecule has 0 atom stereocenters. The molecule has 0 aliphatic rings. The summed E-state index contributed by atoms with van der Waals surface area (Å²) in [5, 5.41) is 0. The Hall–Kier alpha value is -0.353. The summed E-state index contributed by atoms with van der Waals surface area (Å²) in [5.41, 5.74) is 0. The Balaban J connectivity index is 4.32. The van der Waals surface area contributed by atoms with Gasteiger partial charge >= 0.3 is 5.97 Å². The number of rotatable bonds is 5. The highest BCUT2D eigenvalue weighted by Crippen LogP contribution is 2.13. The van der Waals surface area contributed by atoms with Crippen molar-refractivity contribution in [3.05, 3.63) is 0 Å². The van der Waals surface area contributed by atoms with Crippen LogP contribution >= 0.6 is 0 Å². The van der Waals surface area contributed by atoms with Crippen LogP contribution in [-0.2, 0) is 9.53 Å². The molecule has 0 heterocycles. The molecule has 0 aromatic rings. The average Bonchev–Trinajstić information content (AvgIpc) is 1.98. The van der Waals surface area contributed by atoms with E-state index in [1.807, 2.05) is 6.92 Å². The molecule has 0 aromatic carbocycles. The Morgan fingerprint density at radius 1 is 1.36 bits per heavy atom.